The molecule has 0 bridgehead atoms. The van der Waals surface area contributed by atoms with E-state index >= 15 is 0 Å². The van der Waals surface area contributed by atoms with Crippen LogP contribution in [0.4, 0.5) is 0 Å². The molecular weight excluding hydrogens is 314 g/mol. The van der Waals surface area contributed by atoms with Gasteiger partial charge in [0.2, 0.25) is 0 Å². The molecule has 0 aliphatic carbocycles. The van der Waals surface area contributed by atoms with Gasteiger partial charge in [-0.05, 0) is 57.1 Å². The van der Waals surface area contributed by atoms with Crippen molar-refractivity contribution in [1.82, 2.24) is 5.32 Å². The lowest BCUT2D eigenvalue weighted by atomic mass is 9.75. The van der Waals surface area contributed by atoms with Crippen LogP contribution in [0.2, 0.25) is 0 Å². The molecule has 2 rings (SSSR count). The van der Waals surface area contributed by atoms with Gasteiger partial charge in [-0.1, -0.05) is 43.7 Å². The molecule has 1 fully saturated rings. The second-order valence-electron chi connectivity index (χ2n) is 6.84. The predicted octanol–water partition coefficient (Wildman–Crippen LogP) is 3.74. The molecule has 1 aromatic rings. The van der Waals surface area contributed by atoms with Gasteiger partial charge in [0, 0.05) is 13.2 Å². The van der Waals surface area contributed by atoms with Gasteiger partial charge in [-0.15, -0.1) is 0 Å². The van der Waals surface area contributed by atoms with Gasteiger partial charge < -0.3 is 14.8 Å². The summed E-state index contributed by atoms with van der Waals surface area (Å²) in [7, 11) is 0. The number of esters is 1. The first-order chi connectivity index (χ1) is 12.2. The van der Waals surface area contributed by atoms with Crippen LogP contribution in [0, 0.1) is 5.92 Å². The lowest BCUT2D eigenvalue weighted by Gasteiger charge is -2.41. The van der Waals surface area contributed by atoms with Crippen molar-refractivity contribution in [3.05, 3.63) is 35.9 Å². The summed E-state index contributed by atoms with van der Waals surface area (Å²) in [5.74, 6) is 0.176. The topological polar surface area (TPSA) is 47.6 Å². The fraction of sp³-hybridized carbons (Fsp3) is 0.667. The molecule has 0 spiro atoms. The summed E-state index contributed by atoms with van der Waals surface area (Å²) in [4.78, 5) is 13.1. The first-order valence-electron chi connectivity index (χ1n) is 9.77. The number of ether oxygens (including phenoxy) is 2. The summed E-state index contributed by atoms with van der Waals surface area (Å²) in [5, 5.41) is 3.63. The second-order valence-corrected chi connectivity index (χ2v) is 6.84. The number of nitrogens with one attached hydrogen (secondary N) is 1. The number of carbonyl (C=O) groups is 1. The van der Waals surface area contributed by atoms with Gasteiger partial charge in [0.1, 0.15) is 5.54 Å². The van der Waals surface area contributed by atoms with Gasteiger partial charge in [0.05, 0.1) is 6.61 Å². The van der Waals surface area contributed by atoms with Crippen molar-refractivity contribution >= 4 is 5.97 Å². The number of unbranched alkanes of at least 4 members (excludes halogenated alkanes) is 1. The van der Waals surface area contributed by atoms with Gasteiger partial charge in [0.15, 0.2) is 0 Å². The van der Waals surface area contributed by atoms with Crippen LogP contribution in [0.5, 0.6) is 0 Å². The maximum absolute atomic E-state index is 13.1. The summed E-state index contributed by atoms with van der Waals surface area (Å²) in [6.07, 6.45) is 5.63. The third-order valence-corrected chi connectivity index (χ3v) is 5.18. The van der Waals surface area contributed by atoms with Crippen molar-refractivity contribution in [2.45, 2.75) is 57.9 Å². The highest BCUT2D eigenvalue weighted by molar-refractivity contribution is 5.81. The molecule has 1 aromatic carbocycles. The lowest BCUT2D eigenvalue weighted by Crippen LogP contribution is -2.59. The Kier molecular flexibility index (Phi) is 8.42. The quantitative estimate of drug-likeness (QED) is 0.517. The van der Waals surface area contributed by atoms with Crippen molar-refractivity contribution in [3.8, 4) is 0 Å². The SMILES string of the molecule is CCCCNC(CCc1ccccc1)(C(=O)OCC)C1CCOCC1. The van der Waals surface area contributed by atoms with Crippen molar-refractivity contribution in [1.29, 1.82) is 0 Å². The molecule has 0 saturated carbocycles. The minimum atomic E-state index is -0.606. The summed E-state index contributed by atoms with van der Waals surface area (Å²) < 4.78 is 11.1. The fourth-order valence-electron chi connectivity index (χ4n) is 3.70. The molecule has 1 aliphatic heterocycles. The molecule has 4 nitrogen and oxygen atoms in total. The zero-order valence-corrected chi connectivity index (χ0v) is 15.8. The maximum Gasteiger partial charge on any atom is 0.326 e. The monoisotopic (exact) mass is 347 g/mol. The van der Waals surface area contributed by atoms with Crippen molar-refractivity contribution in [3.63, 3.8) is 0 Å². The summed E-state index contributed by atoms with van der Waals surface area (Å²) in [6, 6.07) is 10.4. The van der Waals surface area contributed by atoms with Gasteiger partial charge in [-0.3, -0.25) is 4.79 Å². The zero-order valence-electron chi connectivity index (χ0n) is 15.8. The van der Waals surface area contributed by atoms with Crippen molar-refractivity contribution < 1.29 is 14.3 Å². The molecule has 25 heavy (non-hydrogen) atoms. The molecule has 0 amide bonds. The Bertz CT molecular complexity index is 499. The Labute approximate surface area is 152 Å². The Balaban J connectivity index is 2.21. The van der Waals surface area contributed by atoms with E-state index in [1.165, 1.54) is 5.56 Å². The van der Waals surface area contributed by atoms with Crippen LogP contribution in [-0.4, -0.2) is 37.9 Å². The average molecular weight is 347 g/mol. The zero-order chi connectivity index (χ0) is 18.0. The van der Waals surface area contributed by atoms with E-state index in [0.29, 0.717) is 6.61 Å². The molecule has 1 unspecified atom stereocenters. The van der Waals surface area contributed by atoms with Crippen molar-refractivity contribution in [2.24, 2.45) is 5.92 Å². The number of hydrogen-bond donors (Lipinski definition) is 1. The molecule has 140 valence electrons. The van der Waals surface area contributed by atoms with E-state index in [2.05, 4.69) is 36.5 Å². The minimum absolute atomic E-state index is 0.0889. The maximum atomic E-state index is 13.1. The smallest absolute Gasteiger partial charge is 0.326 e. The van der Waals surface area contributed by atoms with E-state index in [1.54, 1.807) is 0 Å². The van der Waals surface area contributed by atoms with E-state index in [-0.39, 0.29) is 11.9 Å². The van der Waals surface area contributed by atoms with Crippen LogP contribution < -0.4 is 5.32 Å². The first-order valence-corrected chi connectivity index (χ1v) is 9.77. The molecule has 4 heteroatoms. The van der Waals surface area contributed by atoms with E-state index in [9.17, 15) is 4.79 Å². The molecule has 1 N–H and O–H groups in total. The number of carbonyl (C=O) groups excluding carboxylic acids is 1. The van der Waals surface area contributed by atoms with Crippen LogP contribution >= 0.6 is 0 Å². The molecule has 0 radical (unpaired) electrons. The lowest BCUT2D eigenvalue weighted by molar-refractivity contribution is -0.156. The third-order valence-electron chi connectivity index (χ3n) is 5.18. The molecule has 1 saturated heterocycles. The minimum Gasteiger partial charge on any atom is -0.465 e. The largest absolute Gasteiger partial charge is 0.465 e. The van der Waals surface area contributed by atoms with Crippen LogP contribution in [0.25, 0.3) is 0 Å². The van der Waals surface area contributed by atoms with E-state index < -0.39 is 5.54 Å². The highest BCUT2D eigenvalue weighted by Crippen LogP contribution is 2.33. The van der Waals surface area contributed by atoms with E-state index in [1.807, 2.05) is 13.0 Å². The average Bonchev–Trinajstić information content (AvgIpc) is 2.66. The number of hydrogen-bond acceptors (Lipinski definition) is 4. The van der Waals surface area contributed by atoms with Gasteiger partial charge >= 0.3 is 5.97 Å². The van der Waals surface area contributed by atoms with Crippen LogP contribution in [0.3, 0.4) is 0 Å². The van der Waals surface area contributed by atoms with Crippen LogP contribution in [0.15, 0.2) is 30.3 Å². The number of benzene rings is 1. The highest BCUT2D eigenvalue weighted by Gasteiger charge is 2.46. The molecular formula is C21H33NO3. The predicted molar refractivity (Wildman–Crippen MR) is 101 cm³/mol. The highest BCUT2D eigenvalue weighted by atomic mass is 16.5. The van der Waals surface area contributed by atoms with Gasteiger partial charge in [-0.25, -0.2) is 0 Å². The molecule has 1 aliphatic rings. The van der Waals surface area contributed by atoms with Crippen molar-refractivity contribution in [2.75, 3.05) is 26.4 Å². The molecule has 1 atom stereocenters. The normalized spacial score (nSPS) is 17.8. The fourth-order valence-corrected chi connectivity index (χ4v) is 3.70. The van der Waals surface area contributed by atoms with Crippen LogP contribution in [0.1, 0.15) is 51.5 Å². The summed E-state index contributed by atoms with van der Waals surface area (Å²) in [6.45, 7) is 6.79. The number of rotatable bonds is 10. The number of aryl methyl sites for hydroxylation is 1. The van der Waals surface area contributed by atoms with Gasteiger partial charge in [-0.2, -0.15) is 0 Å². The Morgan fingerprint density at radius 3 is 2.60 bits per heavy atom. The molecule has 0 aromatic heterocycles. The standard InChI is InChI=1S/C21H33NO3/c1-3-5-15-22-21(20(23)25-4-2,19-12-16-24-17-13-19)14-11-18-9-7-6-8-10-18/h6-10,19,22H,3-5,11-17H2,1-2H3. The second kappa shape index (κ2) is 10.6. The first kappa shape index (κ1) is 19.9. The summed E-state index contributed by atoms with van der Waals surface area (Å²) >= 11 is 0. The molecule has 1 heterocycles. The third kappa shape index (κ3) is 5.55. The van der Waals surface area contributed by atoms with E-state index in [4.69, 9.17) is 9.47 Å². The Hall–Kier alpha value is -1.39. The van der Waals surface area contributed by atoms with Gasteiger partial charge in [0.25, 0.3) is 0 Å². The van der Waals surface area contributed by atoms with Crippen LogP contribution in [-0.2, 0) is 20.7 Å². The summed E-state index contributed by atoms with van der Waals surface area (Å²) in [5.41, 5.74) is 0.658. The Morgan fingerprint density at radius 2 is 1.96 bits per heavy atom. The van der Waals surface area contributed by atoms with E-state index in [0.717, 1.165) is 58.3 Å². The Morgan fingerprint density at radius 1 is 1.24 bits per heavy atom.